The molecule has 1 saturated heterocycles. The predicted molar refractivity (Wildman–Crippen MR) is 72.8 cm³/mol. The summed E-state index contributed by atoms with van der Waals surface area (Å²) in [6, 6.07) is 0. The Kier molecular flexibility index (Phi) is 4.23. The quantitative estimate of drug-likeness (QED) is 0.797. The Morgan fingerprint density at radius 3 is 2.26 bits per heavy atom. The van der Waals surface area contributed by atoms with Crippen molar-refractivity contribution in [3.05, 3.63) is 0 Å². The Labute approximate surface area is 115 Å². The lowest BCUT2D eigenvalue weighted by Gasteiger charge is -2.40. The highest BCUT2D eigenvalue weighted by molar-refractivity contribution is 5.70. The summed E-state index contributed by atoms with van der Waals surface area (Å²) in [5.74, 6) is 0. The van der Waals surface area contributed by atoms with Crippen LogP contribution in [0.2, 0.25) is 0 Å². The molecule has 0 saturated carbocycles. The third kappa shape index (κ3) is 3.60. The molecule has 1 aliphatic rings. The van der Waals surface area contributed by atoms with Crippen LogP contribution in [0.1, 0.15) is 48.5 Å². The monoisotopic (exact) mass is 273 g/mol. The fourth-order valence-corrected chi connectivity index (χ4v) is 2.07. The van der Waals surface area contributed by atoms with Crippen molar-refractivity contribution in [2.45, 2.75) is 65.8 Å². The highest BCUT2D eigenvalue weighted by atomic mass is 16.6. The molecule has 0 aromatic carbocycles. The van der Waals surface area contributed by atoms with Crippen LogP contribution in [0.4, 0.5) is 4.79 Å². The number of carbonyl (C=O) groups is 1. The first-order chi connectivity index (χ1) is 8.41. The van der Waals surface area contributed by atoms with E-state index in [0.29, 0.717) is 6.61 Å². The van der Waals surface area contributed by atoms with E-state index in [1.807, 2.05) is 48.5 Å². The van der Waals surface area contributed by atoms with E-state index < -0.39 is 23.5 Å². The molecular weight excluding hydrogens is 246 g/mol. The molecule has 2 unspecified atom stereocenters. The summed E-state index contributed by atoms with van der Waals surface area (Å²) in [5.41, 5.74) is -1.55. The van der Waals surface area contributed by atoms with Crippen LogP contribution in [0.15, 0.2) is 0 Å². The van der Waals surface area contributed by atoms with Crippen LogP contribution in [0, 0.1) is 5.41 Å². The second-order valence-electron chi connectivity index (χ2n) is 7.53. The number of amides is 1. The minimum absolute atomic E-state index is 0.154. The van der Waals surface area contributed by atoms with Gasteiger partial charge in [0, 0.05) is 5.41 Å². The Morgan fingerprint density at radius 1 is 1.37 bits per heavy atom. The number of ether oxygens (including phenoxy) is 2. The standard InChI is InChI=1S/C14H27NO4/c1-12(2,3)10-15(11(17)19-13(4,5)6)14(7,8-16)9-18-10/h10,16H,8-9H2,1-7H3. The van der Waals surface area contributed by atoms with E-state index in [4.69, 9.17) is 9.47 Å². The summed E-state index contributed by atoms with van der Waals surface area (Å²) in [4.78, 5) is 13.9. The van der Waals surface area contributed by atoms with Gasteiger partial charge in [-0.25, -0.2) is 4.79 Å². The van der Waals surface area contributed by atoms with Crippen LogP contribution < -0.4 is 0 Å². The summed E-state index contributed by atoms with van der Waals surface area (Å²) < 4.78 is 11.2. The van der Waals surface area contributed by atoms with E-state index in [1.54, 1.807) is 0 Å². The first-order valence-electron chi connectivity index (χ1n) is 6.65. The normalized spacial score (nSPS) is 28.6. The fourth-order valence-electron chi connectivity index (χ4n) is 2.07. The van der Waals surface area contributed by atoms with Gasteiger partial charge in [0.25, 0.3) is 0 Å². The van der Waals surface area contributed by atoms with Crippen LogP contribution >= 0.6 is 0 Å². The minimum Gasteiger partial charge on any atom is -0.444 e. The topological polar surface area (TPSA) is 59.0 Å². The average molecular weight is 273 g/mol. The molecule has 1 N–H and O–H groups in total. The van der Waals surface area contributed by atoms with Gasteiger partial charge in [-0.1, -0.05) is 20.8 Å². The van der Waals surface area contributed by atoms with Crippen LogP contribution in [-0.2, 0) is 9.47 Å². The van der Waals surface area contributed by atoms with Gasteiger partial charge in [0.1, 0.15) is 11.8 Å². The molecule has 112 valence electrons. The van der Waals surface area contributed by atoms with E-state index in [9.17, 15) is 9.90 Å². The van der Waals surface area contributed by atoms with E-state index >= 15 is 0 Å². The van der Waals surface area contributed by atoms with Crippen molar-refractivity contribution >= 4 is 6.09 Å². The predicted octanol–water partition coefficient (Wildman–Crippen LogP) is 2.38. The number of rotatable bonds is 1. The van der Waals surface area contributed by atoms with E-state index in [0.717, 1.165) is 0 Å². The third-order valence-electron chi connectivity index (χ3n) is 3.04. The first kappa shape index (κ1) is 16.2. The number of carbonyl (C=O) groups excluding carboxylic acids is 1. The maximum absolute atomic E-state index is 12.4. The largest absolute Gasteiger partial charge is 0.444 e. The molecule has 5 nitrogen and oxygen atoms in total. The lowest BCUT2D eigenvalue weighted by atomic mass is 9.92. The van der Waals surface area contributed by atoms with Crippen LogP contribution in [-0.4, -0.2) is 46.7 Å². The van der Waals surface area contributed by atoms with Crippen molar-refractivity contribution in [2.24, 2.45) is 5.41 Å². The Morgan fingerprint density at radius 2 is 1.89 bits per heavy atom. The van der Waals surface area contributed by atoms with Crippen molar-refractivity contribution in [2.75, 3.05) is 13.2 Å². The Hall–Kier alpha value is -0.810. The number of aliphatic hydroxyl groups is 1. The van der Waals surface area contributed by atoms with Gasteiger partial charge >= 0.3 is 6.09 Å². The van der Waals surface area contributed by atoms with Gasteiger partial charge in [-0.3, -0.25) is 4.90 Å². The molecule has 1 amide bonds. The Bertz CT molecular complexity index is 342. The molecule has 19 heavy (non-hydrogen) atoms. The second kappa shape index (κ2) is 4.94. The molecule has 0 aromatic heterocycles. The summed E-state index contributed by atoms with van der Waals surface area (Å²) >= 11 is 0. The van der Waals surface area contributed by atoms with Crippen LogP contribution in [0.3, 0.4) is 0 Å². The summed E-state index contributed by atoms with van der Waals surface area (Å²) in [7, 11) is 0. The number of hydrogen-bond donors (Lipinski definition) is 1. The summed E-state index contributed by atoms with van der Waals surface area (Å²) in [6.07, 6.45) is -0.846. The van der Waals surface area contributed by atoms with E-state index in [2.05, 4.69) is 0 Å². The number of hydrogen-bond acceptors (Lipinski definition) is 4. The number of aliphatic hydroxyl groups excluding tert-OH is 1. The molecule has 1 aliphatic heterocycles. The van der Waals surface area contributed by atoms with Gasteiger partial charge in [-0.15, -0.1) is 0 Å². The van der Waals surface area contributed by atoms with E-state index in [-0.39, 0.29) is 12.0 Å². The molecule has 0 bridgehead atoms. The molecule has 0 radical (unpaired) electrons. The van der Waals surface area contributed by atoms with Crippen molar-refractivity contribution in [1.29, 1.82) is 0 Å². The smallest absolute Gasteiger partial charge is 0.413 e. The molecule has 0 aliphatic carbocycles. The van der Waals surface area contributed by atoms with Crippen molar-refractivity contribution < 1.29 is 19.4 Å². The molecule has 0 aromatic rings. The SMILES string of the molecule is CC(C)(C)OC(=O)N1C(C(C)(C)C)OCC1(C)CO. The van der Waals surface area contributed by atoms with Gasteiger partial charge in [0.15, 0.2) is 0 Å². The molecule has 0 spiro atoms. The maximum atomic E-state index is 12.4. The minimum atomic E-state index is -0.736. The highest BCUT2D eigenvalue weighted by Gasteiger charge is 2.52. The zero-order valence-corrected chi connectivity index (χ0v) is 13.1. The van der Waals surface area contributed by atoms with Gasteiger partial charge in [-0.05, 0) is 27.7 Å². The zero-order valence-electron chi connectivity index (χ0n) is 13.1. The van der Waals surface area contributed by atoms with Crippen LogP contribution in [0.5, 0.6) is 0 Å². The zero-order chi connectivity index (χ0) is 15.1. The average Bonchev–Trinajstić information content (AvgIpc) is 2.54. The number of nitrogens with zero attached hydrogens (tertiary/aromatic N) is 1. The molecule has 1 rings (SSSR count). The van der Waals surface area contributed by atoms with Crippen molar-refractivity contribution in [3.8, 4) is 0 Å². The van der Waals surface area contributed by atoms with Gasteiger partial charge in [0.2, 0.25) is 0 Å². The molecule has 1 heterocycles. The summed E-state index contributed by atoms with van der Waals surface area (Å²) in [6.45, 7) is 13.4. The molecule has 1 fully saturated rings. The lowest BCUT2D eigenvalue weighted by Crippen LogP contribution is -2.56. The second-order valence-corrected chi connectivity index (χ2v) is 7.53. The summed E-state index contributed by atoms with van der Waals surface area (Å²) in [5, 5.41) is 9.60. The van der Waals surface area contributed by atoms with Gasteiger partial charge < -0.3 is 14.6 Å². The molecular formula is C14H27NO4. The van der Waals surface area contributed by atoms with E-state index in [1.165, 1.54) is 4.90 Å². The fraction of sp³-hybridized carbons (Fsp3) is 0.929. The van der Waals surface area contributed by atoms with Gasteiger partial charge in [-0.2, -0.15) is 0 Å². The highest BCUT2D eigenvalue weighted by Crippen LogP contribution is 2.37. The lowest BCUT2D eigenvalue weighted by molar-refractivity contribution is -0.0668. The van der Waals surface area contributed by atoms with Crippen molar-refractivity contribution in [3.63, 3.8) is 0 Å². The third-order valence-corrected chi connectivity index (χ3v) is 3.04. The Balaban J connectivity index is 3.03. The first-order valence-corrected chi connectivity index (χ1v) is 6.65. The maximum Gasteiger partial charge on any atom is 0.413 e. The van der Waals surface area contributed by atoms with Crippen molar-refractivity contribution in [1.82, 2.24) is 4.90 Å². The van der Waals surface area contributed by atoms with Crippen LogP contribution in [0.25, 0.3) is 0 Å². The molecule has 2 atom stereocenters. The molecule has 5 heteroatoms. The van der Waals surface area contributed by atoms with Gasteiger partial charge in [0.05, 0.1) is 18.8 Å².